The first kappa shape index (κ1) is 23.7. The third kappa shape index (κ3) is 4.89. The lowest BCUT2D eigenvalue weighted by Gasteiger charge is -2.21. The van der Waals surface area contributed by atoms with Crippen molar-refractivity contribution in [3.8, 4) is 0 Å². The summed E-state index contributed by atoms with van der Waals surface area (Å²) >= 11 is 1.11. The van der Waals surface area contributed by atoms with Crippen LogP contribution in [0.3, 0.4) is 0 Å². The minimum atomic E-state index is -5.07. The number of aromatic nitrogens is 2. The van der Waals surface area contributed by atoms with Crippen molar-refractivity contribution >= 4 is 32.6 Å². The summed E-state index contributed by atoms with van der Waals surface area (Å²) in [6.45, 7) is 1.66. The van der Waals surface area contributed by atoms with Crippen molar-refractivity contribution in [3.63, 3.8) is 0 Å². The molecule has 2 heterocycles. The third-order valence-electron chi connectivity index (χ3n) is 4.98. The van der Waals surface area contributed by atoms with Crippen molar-refractivity contribution in [1.82, 2.24) is 9.97 Å². The second kappa shape index (κ2) is 8.71. The van der Waals surface area contributed by atoms with Gasteiger partial charge in [0.05, 0.1) is 27.9 Å². The van der Waals surface area contributed by atoms with Gasteiger partial charge in [-0.1, -0.05) is 29.5 Å². The Balaban J connectivity index is 1.86. The fraction of sp³-hybridized carbons (Fsp3) is 0.174. The number of anilines is 1. The van der Waals surface area contributed by atoms with Gasteiger partial charge in [0.25, 0.3) is 5.91 Å². The highest BCUT2D eigenvalue weighted by Gasteiger charge is 2.38. The number of carbonyl (C=O) groups is 1. The van der Waals surface area contributed by atoms with Gasteiger partial charge in [-0.15, -0.1) is 0 Å². The first-order valence-corrected chi connectivity index (χ1v) is 10.6. The first-order chi connectivity index (χ1) is 15.9. The van der Waals surface area contributed by atoms with Gasteiger partial charge in [-0.05, 0) is 48.4 Å². The minimum Gasteiger partial charge on any atom is -0.279 e. The van der Waals surface area contributed by atoms with Gasteiger partial charge in [0.15, 0.2) is 5.13 Å². The number of benzene rings is 2. The molecule has 34 heavy (non-hydrogen) atoms. The van der Waals surface area contributed by atoms with E-state index >= 15 is 0 Å². The van der Waals surface area contributed by atoms with Crippen LogP contribution in [0.15, 0.2) is 60.9 Å². The van der Waals surface area contributed by atoms with Crippen molar-refractivity contribution in [2.24, 2.45) is 0 Å². The number of pyridine rings is 1. The summed E-state index contributed by atoms with van der Waals surface area (Å²) in [5, 5.41) is 0.143. The van der Waals surface area contributed by atoms with Crippen LogP contribution in [0.1, 0.15) is 32.6 Å². The van der Waals surface area contributed by atoms with Crippen LogP contribution in [0.5, 0.6) is 0 Å². The predicted molar refractivity (Wildman–Crippen MR) is 116 cm³/mol. The molecule has 0 atom stereocenters. The van der Waals surface area contributed by atoms with Crippen molar-refractivity contribution in [3.05, 3.63) is 88.7 Å². The van der Waals surface area contributed by atoms with Crippen LogP contribution in [0.25, 0.3) is 10.2 Å². The average molecular weight is 495 g/mol. The molecule has 0 aliphatic rings. The molecule has 0 aliphatic carbocycles. The summed E-state index contributed by atoms with van der Waals surface area (Å²) in [6.07, 6.45) is -7.19. The number of rotatable bonds is 4. The van der Waals surface area contributed by atoms with Crippen LogP contribution in [0, 0.1) is 6.92 Å². The zero-order chi connectivity index (χ0) is 24.7. The summed E-state index contributed by atoms with van der Waals surface area (Å²) in [5.41, 5.74) is -1.95. The third-order valence-corrected chi connectivity index (χ3v) is 6.03. The number of amides is 1. The van der Waals surface area contributed by atoms with E-state index in [1.165, 1.54) is 12.4 Å². The van der Waals surface area contributed by atoms with Crippen molar-refractivity contribution in [1.29, 1.82) is 0 Å². The van der Waals surface area contributed by atoms with Gasteiger partial charge >= 0.3 is 12.4 Å². The molecule has 0 aliphatic heterocycles. The molecule has 0 fully saturated rings. The number of hydrogen-bond donors (Lipinski definition) is 0. The smallest absolute Gasteiger partial charge is 0.279 e. The molecule has 4 nitrogen and oxygen atoms in total. The standard InChI is InChI=1S/C23H15F6N3OS/c1-13-4-2-6-18-19(13)31-21(34-18)32(12-14-5-3-7-30-11-14)20(33)15-8-16(22(24,25)26)10-17(9-15)23(27,28)29/h2-11H,12H2,1H3. The van der Waals surface area contributed by atoms with E-state index in [2.05, 4.69) is 9.97 Å². The van der Waals surface area contributed by atoms with Crippen molar-refractivity contribution in [2.75, 3.05) is 4.90 Å². The molecule has 0 spiro atoms. The van der Waals surface area contributed by atoms with Crippen LogP contribution >= 0.6 is 11.3 Å². The number of alkyl halides is 6. The number of fused-ring (bicyclic) bond motifs is 1. The van der Waals surface area contributed by atoms with Gasteiger partial charge in [0.2, 0.25) is 0 Å². The molecule has 0 bridgehead atoms. The number of para-hydroxylation sites is 1. The number of nitrogens with zero attached hydrogens (tertiary/aromatic N) is 3. The van der Waals surface area contributed by atoms with Gasteiger partial charge < -0.3 is 0 Å². The maximum Gasteiger partial charge on any atom is 0.416 e. The van der Waals surface area contributed by atoms with E-state index in [1.54, 1.807) is 24.3 Å². The monoisotopic (exact) mass is 495 g/mol. The van der Waals surface area contributed by atoms with E-state index in [1.807, 2.05) is 13.0 Å². The van der Waals surface area contributed by atoms with E-state index in [9.17, 15) is 31.1 Å². The molecule has 0 radical (unpaired) electrons. The fourth-order valence-corrected chi connectivity index (χ4v) is 4.37. The van der Waals surface area contributed by atoms with Crippen LogP contribution < -0.4 is 4.90 Å². The Morgan fingerprint density at radius 2 is 1.65 bits per heavy atom. The van der Waals surface area contributed by atoms with E-state index in [4.69, 9.17) is 0 Å². The van der Waals surface area contributed by atoms with E-state index in [-0.39, 0.29) is 17.7 Å². The molecule has 176 valence electrons. The number of aryl methyl sites for hydroxylation is 1. The van der Waals surface area contributed by atoms with E-state index in [0.29, 0.717) is 23.2 Å². The summed E-state index contributed by atoms with van der Waals surface area (Å²) in [7, 11) is 0. The van der Waals surface area contributed by atoms with Crippen LogP contribution in [0.4, 0.5) is 31.5 Å². The SMILES string of the molecule is Cc1cccc2sc(N(Cc3cccnc3)C(=O)c3cc(C(F)(F)F)cc(C(F)(F)F)c3)nc12. The number of thiazole rings is 1. The zero-order valence-corrected chi connectivity index (χ0v) is 18.2. The first-order valence-electron chi connectivity index (χ1n) is 9.80. The van der Waals surface area contributed by atoms with Crippen LogP contribution in [-0.4, -0.2) is 15.9 Å². The Hall–Kier alpha value is -3.47. The Kier molecular flexibility index (Phi) is 6.07. The maximum absolute atomic E-state index is 13.4. The number of carbonyl (C=O) groups excluding carboxylic acids is 1. The molecular formula is C23H15F6N3OS. The number of halogens is 6. The van der Waals surface area contributed by atoms with E-state index < -0.39 is 35.0 Å². The fourth-order valence-electron chi connectivity index (χ4n) is 3.32. The highest BCUT2D eigenvalue weighted by atomic mass is 32.1. The molecule has 11 heteroatoms. The van der Waals surface area contributed by atoms with Crippen molar-refractivity contribution in [2.45, 2.75) is 25.8 Å². The maximum atomic E-state index is 13.4. The summed E-state index contributed by atoms with van der Waals surface area (Å²) < 4.78 is 80.8. The molecule has 2 aromatic heterocycles. The lowest BCUT2D eigenvalue weighted by molar-refractivity contribution is -0.143. The topological polar surface area (TPSA) is 46.1 Å². The van der Waals surface area contributed by atoms with Gasteiger partial charge in [-0.25, -0.2) is 4.98 Å². The van der Waals surface area contributed by atoms with Crippen LogP contribution in [0.2, 0.25) is 0 Å². The van der Waals surface area contributed by atoms with Gasteiger partial charge in [-0.2, -0.15) is 26.3 Å². The summed E-state index contributed by atoms with van der Waals surface area (Å²) in [4.78, 5) is 22.9. The second-order valence-corrected chi connectivity index (χ2v) is 8.47. The lowest BCUT2D eigenvalue weighted by Crippen LogP contribution is -2.31. The predicted octanol–water partition coefficient (Wildman–Crippen LogP) is 6.88. The molecule has 4 aromatic rings. The summed E-state index contributed by atoms with van der Waals surface area (Å²) in [5.74, 6) is -1.04. The molecular weight excluding hydrogens is 480 g/mol. The number of hydrogen-bond acceptors (Lipinski definition) is 4. The van der Waals surface area contributed by atoms with E-state index in [0.717, 1.165) is 26.5 Å². The molecule has 4 rings (SSSR count). The van der Waals surface area contributed by atoms with Gasteiger partial charge in [0, 0.05) is 18.0 Å². The Labute approximate surface area is 193 Å². The molecule has 0 saturated carbocycles. The molecule has 0 N–H and O–H groups in total. The Morgan fingerprint density at radius 3 is 2.21 bits per heavy atom. The summed E-state index contributed by atoms with van der Waals surface area (Å²) in [6, 6.07) is 9.44. The second-order valence-electron chi connectivity index (χ2n) is 7.47. The zero-order valence-electron chi connectivity index (χ0n) is 17.4. The highest BCUT2D eigenvalue weighted by molar-refractivity contribution is 7.22. The van der Waals surface area contributed by atoms with Crippen LogP contribution in [-0.2, 0) is 18.9 Å². The Bertz CT molecular complexity index is 1320. The highest BCUT2D eigenvalue weighted by Crippen LogP contribution is 2.38. The van der Waals surface area contributed by atoms with Gasteiger partial charge in [-0.3, -0.25) is 14.7 Å². The lowest BCUT2D eigenvalue weighted by atomic mass is 10.0. The molecule has 1 amide bonds. The minimum absolute atomic E-state index is 0.0106. The normalized spacial score (nSPS) is 12.2. The average Bonchev–Trinajstić information content (AvgIpc) is 3.22. The quantitative estimate of drug-likeness (QED) is 0.290. The Morgan fingerprint density at radius 1 is 0.971 bits per heavy atom. The molecule has 0 unspecified atom stereocenters. The van der Waals surface area contributed by atoms with Gasteiger partial charge in [0.1, 0.15) is 0 Å². The largest absolute Gasteiger partial charge is 0.416 e. The molecule has 2 aromatic carbocycles. The molecule has 0 saturated heterocycles. The van der Waals surface area contributed by atoms with Crippen molar-refractivity contribution < 1.29 is 31.1 Å².